The van der Waals surface area contributed by atoms with Gasteiger partial charge in [-0.1, -0.05) is 18.6 Å². The van der Waals surface area contributed by atoms with Crippen molar-refractivity contribution in [3.8, 4) is 17.0 Å². The maximum Gasteiger partial charge on any atom is 0.251 e. The molecule has 0 aliphatic heterocycles. The van der Waals surface area contributed by atoms with Crippen molar-refractivity contribution in [2.45, 2.75) is 19.3 Å². The summed E-state index contributed by atoms with van der Waals surface area (Å²) >= 11 is 0. The molecular formula is C16H15F2NO. The Morgan fingerprint density at radius 3 is 2.50 bits per heavy atom. The van der Waals surface area contributed by atoms with Gasteiger partial charge in [0.25, 0.3) is 5.88 Å². The minimum absolute atomic E-state index is 0.0266. The third kappa shape index (κ3) is 2.64. The molecule has 0 saturated heterocycles. The van der Waals surface area contributed by atoms with Gasteiger partial charge in [0, 0.05) is 11.8 Å². The van der Waals surface area contributed by atoms with Gasteiger partial charge in [-0.25, -0.2) is 13.8 Å². The Balaban J connectivity index is 1.82. The SMILES string of the molecule is Fc1ccc(-c2ccnc(OCC3CCC3)c2F)cc1. The zero-order valence-corrected chi connectivity index (χ0v) is 11.0. The van der Waals surface area contributed by atoms with E-state index in [9.17, 15) is 8.78 Å². The molecule has 0 spiro atoms. The molecule has 0 amide bonds. The number of halogens is 2. The van der Waals surface area contributed by atoms with E-state index in [-0.39, 0.29) is 11.7 Å². The summed E-state index contributed by atoms with van der Waals surface area (Å²) in [4.78, 5) is 3.94. The number of nitrogens with zero attached hydrogens (tertiary/aromatic N) is 1. The van der Waals surface area contributed by atoms with E-state index in [1.54, 1.807) is 18.2 Å². The maximum atomic E-state index is 14.3. The summed E-state index contributed by atoms with van der Waals surface area (Å²) in [6, 6.07) is 7.28. The summed E-state index contributed by atoms with van der Waals surface area (Å²) in [5, 5.41) is 0. The van der Waals surface area contributed by atoms with Gasteiger partial charge < -0.3 is 4.74 Å². The lowest BCUT2D eigenvalue weighted by Gasteiger charge is -2.24. The molecule has 1 aromatic heterocycles. The summed E-state index contributed by atoms with van der Waals surface area (Å²) in [6.45, 7) is 0.511. The molecule has 0 N–H and O–H groups in total. The Morgan fingerprint density at radius 1 is 1.10 bits per heavy atom. The van der Waals surface area contributed by atoms with Crippen LogP contribution in [-0.4, -0.2) is 11.6 Å². The molecule has 0 atom stereocenters. The molecule has 1 aromatic carbocycles. The monoisotopic (exact) mass is 275 g/mol. The second-order valence-corrected chi connectivity index (χ2v) is 5.09. The fourth-order valence-electron chi connectivity index (χ4n) is 2.23. The number of hydrogen-bond acceptors (Lipinski definition) is 2. The van der Waals surface area contributed by atoms with Crippen molar-refractivity contribution < 1.29 is 13.5 Å². The van der Waals surface area contributed by atoms with Crippen LogP contribution in [0.4, 0.5) is 8.78 Å². The van der Waals surface area contributed by atoms with E-state index in [1.807, 2.05) is 0 Å². The van der Waals surface area contributed by atoms with Crippen LogP contribution >= 0.6 is 0 Å². The fraction of sp³-hybridized carbons (Fsp3) is 0.312. The normalized spacial score (nSPS) is 14.9. The van der Waals surface area contributed by atoms with Crippen LogP contribution in [0.1, 0.15) is 19.3 Å². The molecule has 2 aromatic rings. The summed E-state index contributed by atoms with van der Waals surface area (Å²) in [7, 11) is 0. The number of rotatable bonds is 4. The van der Waals surface area contributed by atoms with E-state index in [2.05, 4.69) is 4.98 Å². The van der Waals surface area contributed by atoms with Gasteiger partial charge in [-0.3, -0.25) is 0 Å². The third-order valence-corrected chi connectivity index (χ3v) is 3.69. The van der Waals surface area contributed by atoms with Crippen molar-refractivity contribution in [1.82, 2.24) is 4.98 Å². The van der Waals surface area contributed by atoms with Gasteiger partial charge in [0.05, 0.1) is 6.61 Å². The lowest BCUT2D eigenvalue weighted by atomic mass is 9.86. The van der Waals surface area contributed by atoms with Gasteiger partial charge in [0.15, 0.2) is 5.82 Å². The molecule has 0 unspecified atom stereocenters. The third-order valence-electron chi connectivity index (χ3n) is 3.69. The maximum absolute atomic E-state index is 14.3. The summed E-state index contributed by atoms with van der Waals surface area (Å²) < 4.78 is 32.7. The molecule has 1 aliphatic rings. The largest absolute Gasteiger partial charge is 0.475 e. The van der Waals surface area contributed by atoms with Crippen molar-refractivity contribution in [3.63, 3.8) is 0 Å². The molecule has 0 bridgehead atoms. The second-order valence-electron chi connectivity index (χ2n) is 5.09. The first-order chi connectivity index (χ1) is 9.74. The van der Waals surface area contributed by atoms with Crippen LogP contribution in [0.25, 0.3) is 11.1 Å². The number of benzene rings is 1. The summed E-state index contributed by atoms with van der Waals surface area (Å²) in [5.74, 6) is -0.285. The minimum Gasteiger partial charge on any atom is -0.475 e. The first-order valence-corrected chi connectivity index (χ1v) is 6.77. The smallest absolute Gasteiger partial charge is 0.251 e. The molecule has 1 saturated carbocycles. The van der Waals surface area contributed by atoms with Crippen LogP contribution in [0, 0.1) is 17.6 Å². The predicted octanol–water partition coefficient (Wildman–Crippen LogP) is 4.21. The van der Waals surface area contributed by atoms with E-state index >= 15 is 0 Å². The van der Waals surface area contributed by atoms with Crippen LogP contribution in [-0.2, 0) is 0 Å². The molecular weight excluding hydrogens is 260 g/mol. The van der Waals surface area contributed by atoms with E-state index in [1.165, 1.54) is 24.8 Å². The van der Waals surface area contributed by atoms with E-state index < -0.39 is 5.82 Å². The highest BCUT2D eigenvalue weighted by Gasteiger charge is 2.20. The van der Waals surface area contributed by atoms with Gasteiger partial charge in [0.1, 0.15) is 5.82 Å². The standard InChI is InChI=1S/C16H15F2NO/c17-13-6-4-12(5-7-13)14-8-9-19-16(15(14)18)20-10-11-2-1-3-11/h4-9,11H,1-3,10H2. The molecule has 3 rings (SSSR count). The van der Waals surface area contributed by atoms with Gasteiger partial charge in [-0.05, 0) is 42.5 Å². The molecule has 1 aliphatic carbocycles. The Kier molecular flexibility index (Phi) is 3.63. The van der Waals surface area contributed by atoms with Gasteiger partial charge >= 0.3 is 0 Å². The average Bonchev–Trinajstić information content (AvgIpc) is 2.40. The van der Waals surface area contributed by atoms with Gasteiger partial charge in [-0.15, -0.1) is 0 Å². The number of aromatic nitrogens is 1. The van der Waals surface area contributed by atoms with Crippen molar-refractivity contribution >= 4 is 0 Å². The fourth-order valence-corrected chi connectivity index (χ4v) is 2.23. The molecule has 1 heterocycles. The summed E-state index contributed by atoms with van der Waals surface area (Å²) in [6.07, 6.45) is 5.01. The summed E-state index contributed by atoms with van der Waals surface area (Å²) in [5.41, 5.74) is 0.989. The second kappa shape index (κ2) is 5.57. The molecule has 104 valence electrons. The van der Waals surface area contributed by atoms with Crippen LogP contribution in [0.5, 0.6) is 5.88 Å². The lowest BCUT2D eigenvalue weighted by molar-refractivity contribution is 0.170. The van der Waals surface area contributed by atoms with E-state index in [0.29, 0.717) is 23.7 Å². The van der Waals surface area contributed by atoms with Crippen LogP contribution < -0.4 is 4.74 Å². The predicted molar refractivity (Wildman–Crippen MR) is 72.4 cm³/mol. The van der Waals surface area contributed by atoms with Crippen LogP contribution in [0.2, 0.25) is 0 Å². The Morgan fingerprint density at radius 2 is 1.85 bits per heavy atom. The Bertz CT molecular complexity index is 594. The first kappa shape index (κ1) is 13.0. The highest BCUT2D eigenvalue weighted by atomic mass is 19.1. The molecule has 4 heteroatoms. The van der Waals surface area contributed by atoms with Crippen LogP contribution in [0.15, 0.2) is 36.5 Å². The van der Waals surface area contributed by atoms with Crippen molar-refractivity contribution in [2.75, 3.05) is 6.61 Å². The molecule has 2 nitrogen and oxygen atoms in total. The number of hydrogen-bond donors (Lipinski definition) is 0. The Hall–Kier alpha value is -1.97. The van der Waals surface area contributed by atoms with E-state index in [0.717, 1.165) is 12.8 Å². The Labute approximate surface area is 116 Å². The molecule has 1 fully saturated rings. The minimum atomic E-state index is -0.488. The highest BCUT2D eigenvalue weighted by Crippen LogP contribution is 2.30. The van der Waals surface area contributed by atoms with Crippen LogP contribution in [0.3, 0.4) is 0 Å². The topological polar surface area (TPSA) is 22.1 Å². The number of ether oxygens (including phenoxy) is 1. The van der Waals surface area contributed by atoms with Gasteiger partial charge in [0.2, 0.25) is 0 Å². The lowest BCUT2D eigenvalue weighted by Crippen LogP contribution is -2.20. The zero-order valence-electron chi connectivity index (χ0n) is 11.0. The zero-order chi connectivity index (χ0) is 13.9. The molecule has 0 radical (unpaired) electrons. The number of pyridine rings is 1. The first-order valence-electron chi connectivity index (χ1n) is 6.77. The van der Waals surface area contributed by atoms with Crippen molar-refractivity contribution in [2.24, 2.45) is 5.92 Å². The highest BCUT2D eigenvalue weighted by molar-refractivity contribution is 5.64. The average molecular weight is 275 g/mol. The molecule has 20 heavy (non-hydrogen) atoms. The van der Waals surface area contributed by atoms with E-state index in [4.69, 9.17) is 4.74 Å². The quantitative estimate of drug-likeness (QED) is 0.834. The van der Waals surface area contributed by atoms with Crippen molar-refractivity contribution in [1.29, 1.82) is 0 Å². The van der Waals surface area contributed by atoms with Crippen molar-refractivity contribution in [3.05, 3.63) is 48.2 Å². The van der Waals surface area contributed by atoms with Gasteiger partial charge in [-0.2, -0.15) is 0 Å².